The normalized spacial score (nSPS) is 15.1. The van der Waals surface area contributed by atoms with E-state index >= 15 is 0 Å². The number of hydrogen-bond acceptors (Lipinski definition) is 7. The Morgan fingerprint density at radius 3 is 1.97 bits per heavy atom. The molecule has 0 saturated heterocycles. The van der Waals surface area contributed by atoms with Crippen molar-refractivity contribution in [3.05, 3.63) is 71.8 Å². The van der Waals surface area contributed by atoms with Crippen LogP contribution < -0.4 is 15.7 Å². The van der Waals surface area contributed by atoms with Crippen LogP contribution in [0.4, 0.5) is 9.59 Å². The minimum Gasteiger partial charge on any atom is -0.530 e. The van der Waals surface area contributed by atoms with Crippen molar-refractivity contribution in [1.82, 2.24) is 15.5 Å². The van der Waals surface area contributed by atoms with Gasteiger partial charge in [0.2, 0.25) is 0 Å². The summed E-state index contributed by atoms with van der Waals surface area (Å²) in [6.07, 6.45) is -2.50. The Morgan fingerprint density at radius 1 is 0.949 bits per heavy atom. The molecule has 0 saturated carbocycles. The van der Waals surface area contributed by atoms with Gasteiger partial charge in [-0.05, 0) is 59.1 Å². The third-order valence-corrected chi connectivity index (χ3v) is 6.13. The van der Waals surface area contributed by atoms with Crippen molar-refractivity contribution < 1.29 is 29.6 Å². The van der Waals surface area contributed by atoms with Crippen LogP contribution in [-0.2, 0) is 17.6 Å². The number of carbonyl (C=O) groups excluding carboxylic acids is 2. The van der Waals surface area contributed by atoms with E-state index in [1.165, 1.54) is 0 Å². The highest BCUT2D eigenvalue weighted by Gasteiger charge is 2.35. The number of carbonyl (C=O) groups is 2. The maximum atomic E-state index is 12.5. The minimum absolute atomic E-state index is 0.0106. The van der Waals surface area contributed by atoms with Crippen LogP contribution in [-0.4, -0.2) is 75.8 Å². The van der Waals surface area contributed by atoms with Gasteiger partial charge in [0.25, 0.3) is 0 Å². The number of β-amino-alcohol motifs (C(OH)–C–C–N with tert-alkyl or cyclic N) is 1. The fourth-order valence-electron chi connectivity index (χ4n) is 4.23. The molecule has 0 spiro atoms. The number of carboxylic acid groups (broad SMARTS) is 1. The number of aliphatic hydroxyl groups excluding tert-OH is 1. The number of alkyl carbamates (subject to hydrolysis) is 1. The van der Waals surface area contributed by atoms with E-state index in [1.807, 2.05) is 60.7 Å². The Balaban J connectivity index is 2.17. The molecule has 4 N–H and O–H groups in total. The lowest BCUT2D eigenvalue weighted by molar-refractivity contribution is -0.273. The van der Waals surface area contributed by atoms with Gasteiger partial charge < -0.3 is 40.4 Å². The van der Waals surface area contributed by atoms with E-state index in [2.05, 4.69) is 10.6 Å². The van der Waals surface area contributed by atoms with Crippen molar-refractivity contribution in [1.29, 1.82) is 0 Å². The summed E-state index contributed by atoms with van der Waals surface area (Å²) in [5.41, 5.74) is -1.23. The average Bonchev–Trinajstić information content (AvgIpc) is 2.81. The Morgan fingerprint density at radius 2 is 1.49 bits per heavy atom. The van der Waals surface area contributed by atoms with Gasteiger partial charge in [-0.3, -0.25) is 0 Å². The second-order valence-corrected chi connectivity index (χ2v) is 12.1. The van der Waals surface area contributed by atoms with Crippen molar-refractivity contribution >= 4 is 12.2 Å². The molecule has 3 atom stereocenters. The number of nitrogens with zero attached hydrogens (tertiary/aromatic N) is 1. The smallest absolute Gasteiger partial charge is 0.407 e. The second-order valence-electron chi connectivity index (χ2n) is 12.1. The highest BCUT2D eigenvalue weighted by atomic mass is 16.6. The van der Waals surface area contributed by atoms with Crippen LogP contribution in [0.5, 0.6) is 0 Å². The van der Waals surface area contributed by atoms with Gasteiger partial charge in [0.1, 0.15) is 11.7 Å². The Hall–Kier alpha value is -3.14. The predicted molar refractivity (Wildman–Crippen MR) is 149 cm³/mol. The molecule has 0 aliphatic heterocycles. The molecule has 0 aliphatic carbocycles. The van der Waals surface area contributed by atoms with Crippen molar-refractivity contribution in [2.75, 3.05) is 19.6 Å². The summed E-state index contributed by atoms with van der Waals surface area (Å²) in [4.78, 5) is 25.5. The van der Waals surface area contributed by atoms with Crippen LogP contribution in [0.25, 0.3) is 0 Å². The third-order valence-electron chi connectivity index (χ3n) is 6.13. The zero-order valence-electron chi connectivity index (χ0n) is 23.9. The van der Waals surface area contributed by atoms with Gasteiger partial charge in [0.05, 0.1) is 17.7 Å². The summed E-state index contributed by atoms with van der Waals surface area (Å²) in [6.45, 7) is 10.3. The van der Waals surface area contributed by atoms with Gasteiger partial charge in [-0.2, -0.15) is 0 Å². The number of benzene rings is 2. The van der Waals surface area contributed by atoms with Crippen molar-refractivity contribution in [2.24, 2.45) is 0 Å². The predicted octanol–water partition coefficient (Wildman–Crippen LogP) is 2.49. The van der Waals surface area contributed by atoms with Crippen molar-refractivity contribution in [3.8, 4) is 0 Å². The summed E-state index contributed by atoms with van der Waals surface area (Å²) in [5.74, 6) is 0. The molecule has 0 fully saturated rings. The molecule has 39 heavy (non-hydrogen) atoms. The van der Waals surface area contributed by atoms with E-state index in [-0.39, 0.29) is 26.1 Å². The summed E-state index contributed by atoms with van der Waals surface area (Å²) >= 11 is 0. The molecule has 216 valence electrons. The molecule has 2 rings (SSSR count). The number of amides is 2. The van der Waals surface area contributed by atoms with Crippen LogP contribution in [0.1, 0.15) is 52.7 Å². The molecule has 0 aromatic heterocycles. The van der Waals surface area contributed by atoms with Gasteiger partial charge in [0.15, 0.2) is 0 Å². The molecule has 9 heteroatoms. The Kier molecular flexibility index (Phi) is 11.3. The van der Waals surface area contributed by atoms with Gasteiger partial charge in [-0.1, -0.05) is 60.7 Å². The molecule has 0 radical (unpaired) electrons. The van der Waals surface area contributed by atoms with E-state index in [0.29, 0.717) is 6.42 Å². The summed E-state index contributed by atoms with van der Waals surface area (Å²) in [5, 5.41) is 40.5. The van der Waals surface area contributed by atoms with E-state index < -0.39 is 41.1 Å². The zero-order valence-corrected chi connectivity index (χ0v) is 23.9. The summed E-state index contributed by atoms with van der Waals surface area (Å²) < 4.78 is 5.39. The minimum atomic E-state index is -1.50. The van der Waals surface area contributed by atoms with E-state index in [9.17, 15) is 24.9 Å². The fourth-order valence-corrected chi connectivity index (χ4v) is 4.23. The van der Waals surface area contributed by atoms with E-state index in [4.69, 9.17) is 4.74 Å². The molecule has 1 unspecified atom stereocenters. The standard InChI is InChI=1S/C30H45N3O6/c1-28(2,3)33(27(36)37)21-30(38,18-23-15-11-8-12-16-23)20-31-19-25(34)24(17-22-13-9-7-10-14-22)32-26(35)39-29(4,5)6/h7-16,24-25,31,34,38H,17-21H2,1-6H3,(H,32,35)(H,36,37)/p-1/t24-,25+,30?/m0/s1. The lowest BCUT2D eigenvalue weighted by atomic mass is 9.91. The van der Waals surface area contributed by atoms with Crippen LogP contribution in [0.3, 0.4) is 0 Å². The number of hydrogen-bond donors (Lipinski definition) is 4. The van der Waals surface area contributed by atoms with Crippen molar-refractivity contribution in [2.45, 2.75) is 83.3 Å². The number of ether oxygens (including phenoxy) is 1. The van der Waals surface area contributed by atoms with Crippen LogP contribution in [0, 0.1) is 0 Å². The first-order valence-corrected chi connectivity index (χ1v) is 13.3. The van der Waals surface area contributed by atoms with Gasteiger partial charge in [0, 0.05) is 31.6 Å². The van der Waals surface area contributed by atoms with E-state index in [1.54, 1.807) is 41.5 Å². The van der Waals surface area contributed by atoms with Gasteiger partial charge >= 0.3 is 6.09 Å². The zero-order chi connectivity index (χ0) is 29.3. The fraction of sp³-hybridized carbons (Fsp3) is 0.533. The van der Waals surface area contributed by atoms with Gasteiger partial charge in [-0.15, -0.1) is 0 Å². The highest BCUT2D eigenvalue weighted by Crippen LogP contribution is 2.21. The van der Waals surface area contributed by atoms with Crippen LogP contribution in [0.15, 0.2) is 60.7 Å². The first-order chi connectivity index (χ1) is 18.1. The number of rotatable bonds is 12. The molecule has 0 heterocycles. The topological polar surface area (TPSA) is 134 Å². The monoisotopic (exact) mass is 542 g/mol. The lowest BCUT2D eigenvalue weighted by Crippen LogP contribution is -2.61. The Labute approximate surface area is 232 Å². The molecular weight excluding hydrogens is 498 g/mol. The first-order valence-electron chi connectivity index (χ1n) is 13.3. The highest BCUT2D eigenvalue weighted by molar-refractivity contribution is 5.68. The maximum absolute atomic E-state index is 12.5. The number of nitrogens with one attached hydrogen (secondary N) is 2. The first kappa shape index (κ1) is 32.1. The molecule has 2 aromatic carbocycles. The summed E-state index contributed by atoms with van der Waals surface area (Å²) in [6, 6.07) is 18.1. The molecular formula is C30H44N3O6-. The van der Waals surface area contributed by atoms with Gasteiger partial charge in [-0.25, -0.2) is 4.79 Å². The number of aliphatic hydroxyl groups is 2. The Bertz CT molecular complexity index is 1040. The third kappa shape index (κ3) is 11.6. The largest absolute Gasteiger partial charge is 0.530 e. The average molecular weight is 543 g/mol. The second kappa shape index (κ2) is 13.8. The lowest BCUT2D eigenvalue weighted by Gasteiger charge is -2.43. The summed E-state index contributed by atoms with van der Waals surface area (Å²) in [7, 11) is 0. The molecule has 2 amide bonds. The van der Waals surface area contributed by atoms with Crippen molar-refractivity contribution in [3.63, 3.8) is 0 Å². The molecule has 2 aromatic rings. The molecule has 9 nitrogen and oxygen atoms in total. The van der Waals surface area contributed by atoms with Crippen LogP contribution >= 0.6 is 0 Å². The maximum Gasteiger partial charge on any atom is 0.407 e. The van der Waals surface area contributed by atoms with E-state index in [0.717, 1.165) is 16.0 Å². The molecule has 0 aliphatic rings. The SMILES string of the molecule is CC(C)(C)OC(=O)N[C@@H](Cc1ccccc1)[C@H](O)CNCC(O)(Cc1ccccc1)CN(C(=O)[O-])C(C)(C)C. The quantitative estimate of drug-likeness (QED) is 0.324. The van der Waals surface area contributed by atoms with Crippen LogP contribution in [0.2, 0.25) is 0 Å². The molecule has 0 bridgehead atoms.